The third-order valence-electron chi connectivity index (χ3n) is 4.92. The van der Waals surface area contributed by atoms with Crippen LogP contribution >= 0.6 is 0 Å². The van der Waals surface area contributed by atoms with Crippen LogP contribution in [0.1, 0.15) is 27.0 Å². The molecule has 0 atom stereocenters. The van der Waals surface area contributed by atoms with E-state index in [1.165, 1.54) is 0 Å². The van der Waals surface area contributed by atoms with Crippen LogP contribution < -0.4 is 10.5 Å². The lowest BCUT2D eigenvalue weighted by Crippen LogP contribution is -2.32. The smallest absolute Gasteiger partial charge is 0.258 e. The van der Waals surface area contributed by atoms with Crippen molar-refractivity contribution in [1.82, 2.24) is 9.97 Å². The van der Waals surface area contributed by atoms with Gasteiger partial charge in [-0.05, 0) is 61.7 Å². The number of hydrogen-bond donors (Lipinski definition) is 1. The number of carbonyl (C=O) groups excluding carboxylic acids is 1. The van der Waals surface area contributed by atoms with Crippen molar-refractivity contribution >= 4 is 22.5 Å². The molecular formula is C24H21N3O2. The Bertz CT molecular complexity index is 1230. The molecule has 0 bridgehead atoms. The van der Waals surface area contributed by atoms with Gasteiger partial charge in [-0.1, -0.05) is 29.3 Å². The molecule has 0 aliphatic rings. The number of H-pyrrole nitrogens is 1. The second-order valence-electron chi connectivity index (χ2n) is 7.18. The highest BCUT2D eigenvalue weighted by molar-refractivity contribution is 6.06. The Morgan fingerprint density at radius 1 is 0.931 bits per heavy atom. The Labute approximate surface area is 168 Å². The number of aromatic nitrogens is 2. The summed E-state index contributed by atoms with van der Waals surface area (Å²) in [6.07, 6.45) is 3.18. The summed E-state index contributed by atoms with van der Waals surface area (Å²) in [5.74, 6) is -0.181. The number of carbonyl (C=O) groups is 1. The van der Waals surface area contributed by atoms with Crippen molar-refractivity contribution in [2.45, 2.75) is 20.4 Å². The molecule has 2 heterocycles. The number of aromatic amines is 1. The minimum atomic E-state index is -0.194. The zero-order chi connectivity index (χ0) is 20.4. The van der Waals surface area contributed by atoms with Crippen LogP contribution in [0.2, 0.25) is 0 Å². The Balaban J connectivity index is 1.78. The first-order chi connectivity index (χ1) is 14.0. The van der Waals surface area contributed by atoms with Gasteiger partial charge in [0.1, 0.15) is 0 Å². The first-order valence-electron chi connectivity index (χ1n) is 9.42. The molecule has 0 radical (unpaired) electrons. The average Bonchev–Trinajstić information content (AvgIpc) is 2.73. The molecule has 0 fully saturated rings. The lowest BCUT2D eigenvalue weighted by molar-refractivity contribution is 0.0985. The highest BCUT2D eigenvalue weighted by atomic mass is 16.2. The normalized spacial score (nSPS) is 10.8. The predicted molar refractivity (Wildman–Crippen MR) is 115 cm³/mol. The zero-order valence-electron chi connectivity index (χ0n) is 16.3. The van der Waals surface area contributed by atoms with Gasteiger partial charge in [-0.25, -0.2) is 0 Å². The second-order valence-corrected chi connectivity index (χ2v) is 7.18. The van der Waals surface area contributed by atoms with Crippen LogP contribution in [0.15, 0.2) is 77.9 Å². The fraction of sp³-hybridized carbons (Fsp3) is 0.125. The van der Waals surface area contributed by atoms with Crippen LogP contribution in [0.3, 0.4) is 0 Å². The standard InChI is InChI=1S/C24H21N3O2/c1-16-3-6-21(7-4-16)27(24(29)18-9-11-25-12-10-18)15-20-14-19-13-17(2)5-8-22(19)26-23(20)28/h3-14H,15H2,1-2H3,(H,26,28). The van der Waals surface area contributed by atoms with Gasteiger partial charge in [0.25, 0.3) is 11.5 Å². The highest BCUT2D eigenvalue weighted by Crippen LogP contribution is 2.21. The third kappa shape index (κ3) is 3.94. The van der Waals surface area contributed by atoms with E-state index in [4.69, 9.17) is 0 Å². The van der Waals surface area contributed by atoms with Gasteiger partial charge >= 0.3 is 0 Å². The van der Waals surface area contributed by atoms with Crippen LogP contribution in [0.25, 0.3) is 10.9 Å². The van der Waals surface area contributed by atoms with Crippen molar-refractivity contribution < 1.29 is 4.79 Å². The lowest BCUT2D eigenvalue weighted by atomic mass is 10.1. The molecule has 0 aliphatic heterocycles. The quantitative estimate of drug-likeness (QED) is 0.568. The van der Waals surface area contributed by atoms with Crippen LogP contribution in [0.4, 0.5) is 5.69 Å². The molecular weight excluding hydrogens is 362 g/mol. The molecule has 4 aromatic rings. The molecule has 2 aromatic heterocycles. The molecule has 1 N–H and O–H groups in total. The minimum Gasteiger partial charge on any atom is -0.322 e. The maximum atomic E-state index is 13.2. The third-order valence-corrected chi connectivity index (χ3v) is 4.92. The molecule has 0 saturated carbocycles. The molecule has 5 heteroatoms. The first kappa shape index (κ1) is 18.6. The Kier molecular flexibility index (Phi) is 4.96. The van der Waals surface area contributed by atoms with Crippen LogP contribution in [-0.4, -0.2) is 15.9 Å². The molecule has 0 saturated heterocycles. The molecule has 2 aromatic carbocycles. The topological polar surface area (TPSA) is 66.1 Å². The van der Waals surface area contributed by atoms with E-state index in [2.05, 4.69) is 9.97 Å². The van der Waals surface area contributed by atoms with E-state index in [1.807, 2.05) is 62.4 Å². The van der Waals surface area contributed by atoms with Crippen molar-refractivity contribution in [3.63, 3.8) is 0 Å². The minimum absolute atomic E-state index is 0.170. The monoisotopic (exact) mass is 383 g/mol. The highest BCUT2D eigenvalue weighted by Gasteiger charge is 2.20. The molecule has 29 heavy (non-hydrogen) atoms. The van der Waals surface area contributed by atoms with Gasteiger partial charge in [-0.2, -0.15) is 0 Å². The van der Waals surface area contributed by atoms with E-state index in [0.717, 1.165) is 27.7 Å². The number of fused-ring (bicyclic) bond motifs is 1. The number of amides is 1. The fourth-order valence-electron chi connectivity index (χ4n) is 3.31. The van der Waals surface area contributed by atoms with E-state index in [1.54, 1.807) is 29.4 Å². The Morgan fingerprint density at radius 3 is 2.34 bits per heavy atom. The largest absolute Gasteiger partial charge is 0.322 e. The number of hydrogen-bond acceptors (Lipinski definition) is 3. The molecule has 4 rings (SSSR count). The summed E-state index contributed by atoms with van der Waals surface area (Å²) in [4.78, 5) is 34.5. The summed E-state index contributed by atoms with van der Waals surface area (Å²) in [6, 6.07) is 18.8. The number of nitrogens with one attached hydrogen (secondary N) is 1. The van der Waals surface area contributed by atoms with E-state index in [0.29, 0.717) is 11.1 Å². The van der Waals surface area contributed by atoms with Crippen LogP contribution in [0.5, 0.6) is 0 Å². The number of rotatable bonds is 4. The first-order valence-corrected chi connectivity index (χ1v) is 9.42. The van der Waals surface area contributed by atoms with E-state index >= 15 is 0 Å². The van der Waals surface area contributed by atoms with Crippen LogP contribution in [0, 0.1) is 13.8 Å². The Hall–Kier alpha value is -3.73. The summed E-state index contributed by atoms with van der Waals surface area (Å²) in [6.45, 7) is 4.18. The molecule has 1 amide bonds. The maximum Gasteiger partial charge on any atom is 0.258 e. The second kappa shape index (κ2) is 7.72. The van der Waals surface area contributed by atoms with Gasteiger partial charge in [-0.3, -0.25) is 14.6 Å². The van der Waals surface area contributed by atoms with Crippen molar-refractivity contribution in [3.8, 4) is 0 Å². The summed E-state index contributed by atoms with van der Waals surface area (Å²) in [5.41, 5.74) is 4.59. The Morgan fingerprint density at radius 2 is 1.62 bits per heavy atom. The molecule has 5 nitrogen and oxygen atoms in total. The van der Waals surface area contributed by atoms with E-state index in [-0.39, 0.29) is 18.0 Å². The van der Waals surface area contributed by atoms with E-state index in [9.17, 15) is 9.59 Å². The molecule has 0 aliphatic carbocycles. The van der Waals surface area contributed by atoms with Gasteiger partial charge in [-0.15, -0.1) is 0 Å². The summed E-state index contributed by atoms with van der Waals surface area (Å²) >= 11 is 0. The summed E-state index contributed by atoms with van der Waals surface area (Å²) in [5, 5.41) is 0.944. The van der Waals surface area contributed by atoms with Crippen molar-refractivity contribution in [1.29, 1.82) is 0 Å². The van der Waals surface area contributed by atoms with Gasteiger partial charge < -0.3 is 9.88 Å². The lowest BCUT2D eigenvalue weighted by Gasteiger charge is -2.23. The number of anilines is 1. The van der Waals surface area contributed by atoms with Gasteiger partial charge in [0.15, 0.2) is 0 Å². The number of nitrogens with zero attached hydrogens (tertiary/aromatic N) is 2. The summed E-state index contributed by atoms with van der Waals surface area (Å²) in [7, 11) is 0. The molecule has 0 unspecified atom stereocenters. The van der Waals surface area contributed by atoms with E-state index < -0.39 is 0 Å². The molecule has 0 spiro atoms. The van der Waals surface area contributed by atoms with Crippen molar-refractivity contribution in [2.24, 2.45) is 0 Å². The van der Waals surface area contributed by atoms with Crippen LogP contribution in [-0.2, 0) is 6.54 Å². The number of benzene rings is 2. The number of pyridine rings is 2. The maximum absolute atomic E-state index is 13.2. The summed E-state index contributed by atoms with van der Waals surface area (Å²) < 4.78 is 0. The fourth-order valence-corrected chi connectivity index (χ4v) is 3.31. The SMILES string of the molecule is Cc1ccc(N(Cc2cc3cc(C)ccc3[nH]c2=O)C(=O)c2ccncc2)cc1. The van der Waals surface area contributed by atoms with Gasteiger partial charge in [0.2, 0.25) is 0 Å². The van der Waals surface area contributed by atoms with Crippen molar-refractivity contribution in [2.75, 3.05) is 4.90 Å². The van der Waals surface area contributed by atoms with Crippen molar-refractivity contribution in [3.05, 3.63) is 106 Å². The predicted octanol–water partition coefficient (Wildman–Crippen LogP) is 4.39. The number of aryl methyl sites for hydroxylation is 2. The van der Waals surface area contributed by atoms with Gasteiger partial charge in [0.05, 0.1) is 6.54 Å². The van der Waals surface area contributed by atoms with Gasteiger partial charge in [0, 0.05) is 34.7 Å². The zero-order valence-corrected chi connectivity index (χ0v) is 16.3. The molecule has 144 valence electrons. The average molecular weight is 383 g/mol.